The second-order valence-electron chi connectivity index (χ2n) is 6.74. The summed E-state index contributed by atoms with van der Waals surface area (Å²) in [6.07, 6.45) is 2.49. The van der Waals surface area contributed by atoms with E-state index in [0.717, 1.165) is 24.1 Å². The minimum atomic E-state index is -0.735. The van der Waals surface area contributed by atoms with Crippen molar-refractivity contribution in [3.05, 3.63) is 87.1 Å². The van der Waals surface area contributed by atoms with Gasteiger partial charge in [-0.05, 0) is 30.5 Å². The molecule has 31 heavy (non-hydrogen) atoms. The Morgan fingerprint density at radius 2 is 1.74 bits per heavy atom. The second kappa shape index (κ2) is 9.66. The zero-order valence-corrected chi connectivity index (χ0v) is 17.2. The smallest absolute Gasteiger partial charge is 0.338 e. The number of ether oxygens (including phenoxy) is 1. The molecule has 0 aliphatic rings. The first-order valence-corrected chi connectivity index (χ1v) is 9.78. The molecular weight excluding hydrogens is 400 g/mol. The maximum atomic E-state index is 12.8. The summed E-state index contributed by atoms with van der Waals surface area (Å²) in [5.74, 6) is -0.910. The lowest BCUT2D eigenvalue weighted by molar-refractivity contribution is -0.384. The average Bonchev–Trinajstić information content (AvgIpc) is 3.20. The number of hydrogen-bond donors (Lipinski definition) is 1. The summed E-state index contributed by atoms with van der Waals surface area (Å²) in [4.78, 5) is 35.4. The average molecular weight is 422 g/mol. The molecule has 1 aromatic heterocycles. The number of nitro groups is 1. The van der Waals surface area contributed by atoms with Crippen molar-refractivity contribution in [3.8, 4) is 0 Å². The highest BCUT2D eigenvalue weighted by Gasteiger charge is 2.19. The number of non-ortho nitro benzene ring substituents is 1. The number of nitrogens with one attached hydrogen (secondary N) is 1. The Bertz CT molecular complexity index is 1110. The number of nitrogens with zero attached hydrogens (tertiary/aromatic N) is 3. The Labute approximate surface area is 178 Å². The molecule has 9 heteroatoms. The SMILES string of the molecule is CCOC(=O)c1cc(C(=O)Nc2ccnn2Cc2ccc(CC)cc2)cc([N+](=O)[O-])c1. The molecule has 0 saturated carbocycles. The molecule has 0 aliphatic heterocycles. The number of carbonyl (C=O) groups is 2. The number of aryl methyl sites for hydroxylation is 1. The molecule has 1 N–H and O–H groups in total. The number of benzene rings is 2. The number of hydrogen-bond acceptors (Lipinski definition) is 6. The Balaban J connectivity index is 1.82. The molecular formula is C22H22N4O5. The number of carbonyl (C=O) groups excluding carboxylic acids is 2. The van der Waals surface area contributed by atoms with Gasteiger partial charge < -0.3 is 10.1 Å². The first-order valence-electron chi connectivity index (χ1n) is 9.78. The van der Waals surface area contributed by atoms with E-state index in [1.165, 1.54) is 11.6 Å². The molecule has 0 radical (unpaired) electrons. The van der Waals surface area contributed by atoms with Crippen LogP contribution in [0.15, 0.2) is 54.7 Å². The van der Waals surface area contributed by atoms with Crippen molar-refractivity contribution in [2.24, 2.45) is 0 Å². The largest absolute Gasteiger partial charge is 0.462 e. The molecule has 9 nitrogen and oxygen atoms in total. The minimum absolute atomic E-state index is 0.0303. The van der Waals surface area contributed by atoms with Crippen LogP contribution in [0.4, 0.5) is 11.5 Å². The molecule has 0 bridgehead atoms. The third kappa shape index (κ3) is 5.33. The predicted molar refractivity (Wildman–Crippen MR) is 114 cm³/mol. The molecule has 0 saturated heterocycles. The Morgan fingerprint density at radius 3 is 2.39 bits per heavy atom. The van der Waals surface area contributed by atoms with E-state index in [9.17, 15) is 19.7 Å². The van der Waals surface area contributed by atoms with Crippen molar-refractivity contribution >= 4 is 23.4 Å². The van der Waals surface area contributed by atoms with Crippen LogP contribution < -0.4 is 5.32 Å². The van der Waals surface area contributed by atoms with Gasteiger partial charge in [-0.1, -0.05) is 31.2 Å². The quantitative estimate of drug-likeness (QED) is 0.335. The van der Waals surface area contributed by atoms with Gasteiger partial charge in [-0.2, -0.15) is 5.10 Å². The second-order valence-corrected chi connectivity index (χ2v) is 6.74. The summed E-state index contributed by atoms with van der Waals surface area (Å²) in [6, 6.07) is 13.2. The summed E-state index contributed by atoms with van der Waals surface area (Å²) >= 11 is 0. The molecule has 1 amide bonds. The highest BCUT2D eigenvalue weighted by Crippen LogP contribution is 2.20. The van der Waals surface area contributed by atoms with Gasteiger partial charge in [0.2, 0.25) is 0 Å². The van der Waals surface area contributed by atoms with Gasteiger partial charge in [0.1, 0.15) is 5.82 Å². The summed E-state index contributed by atoms with van der Waals surface area (Å²) in [7, 11) is 0. The van der Waals surface area contributed by atoms with E-state index in [1.807, 2.05) is 24.3 Å². The van der Waals surface area contributed by atoms with Crippen LogP contribution in [-0.4, -0.2) is 33.2 Å². The van der Waals surface area contributed by atoms with Crippen LogP contribution in [-0.2, 0) is 17.7 Å². The highest BCUT2D eigenvalue weighted by atomic mass is 16.6. The third-order valence-corrected chi connectivity index (χ3v) is 4.62. The van der Waals surface area contributed by atoms with E-state index in [4.69, 9.17) is 4.74 Å². The van der Waals surface area contributed by atoms with E-state index in [1.54, 1.807) is 23.9 Å². The fraction of sp³-hybridized carbons (Fsp3) is 0.227. The van der Waals surface area contributed by atoms with Crippen molar-refractivity contribution in [2.75, 3.05) is 11.9 Å². The number of amides is 1. The maximum absolute atomic E-state index is 12.8. The Kier molecular flexibility index (Phi) is 6.76. The van der Waals surface area contributed by atoms with E-state index in [0.29, 0.717) is 12.4 Å². The van der Waals surface area contributed by atoms with E-state index >= 15 is 0 Å². The Hall–Kier alpha value is -4.01. The molecule has 3 aromatic rings. The van der Waals surface area contributed by atoms with Crippen LogP contribution in [0.1, 0.15) is 45.7 Å². The van der Waals surface area contributed by atoms with Gasteiger partial charge in [-0.3, -0.25) is 14.9 Å². The van der Waals surface area contributed by atoms with Crippen LogP contribution in [0.2, 0.25) is 0 Å². The molecule has 0 fully saturated rings. The molecule has 3 rings (SSSR count). The third-order valence-electron chi connectivity index (χ3n) is 4.62. The molecule has 1 heterocycles. The van der Waals surface area contributed by atoms with Crippen molar-refractivity contribution in [3.63, 3.8) is 0 Å². The first kappa shape index (κ1) is 21.7. The zero-order chi connectivity index (χ0) is 22.4. The number of rotatable bonds is 8. The lowest BCUT2D eigenvalue weighted by atomic mass is 10.1. The monoisotopic (exact) mass is 422 g/mol. The van der Waals surface area contributed by atoms with Gasteiger partial charge in [0.25, 0.3) is 11.6 Å². The van der Waals surface area contributed by atoms with Gasteiger partial charge >= 0.3 is 5.97 Å². The molecule has 0 unspecified atom stereocenters. The van der Waals surface area contributed by atoms with Crippen molar-refractivity contribution < 1.29 is 19.2 Å². The number of anilines is 1. The molecule has 0 atom stereocenters. The maximum Gasteiger partial charge on any atom is 0.338 e. The zero-order valence-electron chi connectivity index (χ0n) is 17.2. The minimum Gasteiger partial charge on any atom is -0.462 e. The standard InChI is InChI=1S/C22H22N4O5/c1-3-15-5-7-16(8-6-15)14-25-20(9-10-23-25)24-21(27)17-11-18(22(28)31-4-2)13-19(12-17)26(29)30/h5-13H,3-4,14H2,1-2H3,(H,24,27). The first-order chi connectivity index (χ1) is 14.9. The van der Waals surface area contributed by atoms with Gasteiger partial charge in [-0.25, -0.2) is 9.48 Å². The molecule has 2 aromatic carbocycles. The van der Waals surface area contributed by atoms with Gasteiger partial charge in [0.05, 0.1) is 29.8 Å². The van der Waals surface area contributed by atoms with Crippen molar-refractivity contribution in [1.29, 1.82) is 0 Å². The van der Waals surface area contributed by atoms with Crippen LogP contribution in [0.5, 0.6) is 0 Å². The fourth-order valence-electron chi connectivity index (χ4n) is 2.99. The van der Waals surface area contributed by atoms with Crippen LogP contribution >= 0.6 is 0 Å². The summed E-state index contributed by atoms with van der Waals surface area (Å²) < 4.78 is 6.51. The molecule has 160 valence electrons. The van der Waals surface area contributed by atoms with E-state index in [-0.39, 0.29) is 23.4 Å². The number of esters is 1. The fourth-order valence-corrected chi connectivity index (χ4v) is 2.99. The van der Waals surface area contributed by atoms with Crippen LogP contribution in [0, 0.1) is 10.1 Å². The highest BCUT2D eigenvalue weighted by molar-refractivity contribution is 6.06. The lowest BCUT2D eigenvalue weighted by Crippen LogP contribution is -2.17. The summed E-state index contributed by atoms with van der Waals surface area (Å²) in [5.41, 5.74) is 1.76. The van der Waals surface area contributed by atoms with E-state index in [2.05, 4.69) is 17.3 Å². The normalized spacial score (nSPS) is 10.5. The summed E-state index contributed by atoms with van der Waals surface area (Å²) in [5, 5.41) is 18.2. The summed E-state index contributed by atoms with van der Waals surface area (Å²) in [6.45, 7) is 4.26. The number of nitro benzene ring substituents is 1. The lowest BCUT2D eigenvalue weighted by Gasteiger charge is -2.10. The molecule has 0 spiro atoms. The predicted octanol–water partition coefficient (Wildman–Crippen LogP) is 3.83. The van der Waals surface area contributed by atoms with Crippen molar-refractivity contribution in [1.82, 2.24) is 9.78 Å². The van der Waals surface area contributed by atoms with Gasteiger partial charge in [0, 0.05) is 23.8 Å². The molecule has 0 aliphatic carbocycles. The van der Waals surface area contributed by atoms with Crippen LogP contribution in [0.25, 0.3) is 0 Å². The Morgan fingerprint density at radius 1 is 1.06 bits per heavy atom. The van der Waals surface area contributed by atoms with Crippen molar-refractivity contribution in [2.45, 2.75) is 26.8 Å². The van der Waals surface area contributed by atoms with Crippen LogP contribution in [0.3, 0.4) is 0 Å². The number of aromatic nitrogens is 2. The topological polar surface area (TPSA) is 116 Å². The van der Waals surface area contributed by atoms with Gasteiger partial charge in [-0.15, -0.1) is 0 Å². The van der Waals surface area contributed by atoms with Gasteiger partial charge in [0.15, 0.2) is 0 Å². The van der Waals surface area contributed by atoms with E-state index < -0.39 is 16.8 Å².